The zero-order chi connectivity index (χ0) is 19.9. The molecular weight excluding hydrogens is 378 g/mol. The minimum atomic E-state index is -0.704. The molecule has 0 bridgehead atoms. The maximum absolute atomic E-state index is 12.3. The number of nitrogens with one attached hydrogen (secondary N) is 2. The van der Waals surface area contributed by atoms with Gasteiger partial charge >= 0.3 is 6.03 Å². The van der Waals surface area contributed by atoms with E-state index in [4.69, 9.17) is 17.3 Å². The van der Waals surface area contributed by atoms with E-state index in [-0.39, 0.29) is 12.3 Å². The number of hydrogen-bond donors (Lipinski definition) is 3. The van der Waals surface area contributed by atoms with Crippen LogP contribution in [-0.4, -0.2) is 28.0 Å². The molecule has 0 radical (unpaired) electrons. The highest BCUT2D eigenvalue weighted by atomic mass is 35.5. The third-order valence-corrected chi connectivity index (χ3v) is 4.76. The van der Waals surface area contributed by atoms with Gasteiger partial charge in [-0.15, -0.1) is 0 Å². The van der Waals surface area contributed by atoms with Crippen molar-refractivity contribution >= 4 is 34.6 Å². The summed E-state index contributed by atoms with van der Waals surface area (Å²) in [6, 6.07) is 13.7. The van der Waals surface area contributed by atoms with Crippen LogP contribution in [0.1, 0.15) is 24.4 Å². The van der Waals surface area contributed by atoms with Crippen molar-refractivity contribution < 1.29 is 9.59 Å². The fraction of sp³-hybridized carbons (Fsp3) is 0.250. The number of rotatable bonds is 8. The van der Waals surface area contributed by atoms with Crippen LogP contribution in [0.15, 0.2) is 54.9 Å². The summed E-state index contributed by atoms with van der Waals surface area (Å²) in [5, 5.41) is 5.93. The Morgan fingerprint density at radius 2 is 1.89 bits per heavy atom. The van der Waals surface area contributed by atoms with Crippen molar-refractivity contribution in [3.05, 3.63) is 65.4 Å². The van der Waals surface area contributed by atoms with E-state index in [0.717, 1.165) is 24.0 Å². The molecule has 28 heavy (non-hydrogen) atoms. The van der Waals surface area contributed by atoms with E-state index in [1.165, 1.54) is 0 Å². The number of nitrogens with zero attached hydrogens (tertiary/aromatic N) is 2. The number of benzene rings is 2. The first-order chi connectivity index (χ1) is 13.5. The molecule has 0 aliphatic carbocycles. The molecule has 2 aromatic carbocycles. The van der Waals surface area contributed by atoms with Crippen molar-refractivity contribution in [2.75, 3.05) is 6.54 Å². The number of hydrogen-bond acceptors (Lipinski definition) is 3. The summed E-state index contributed by atoms with van der Waals surface area (Å²) in [5.74, 6) is -0.186. The van der Waals surface area contributed by atoms with Crippen molar-refractivity contribution in [2.45, 2.75) is 25.4 Å². The molecule has 3 aromatic rings. The maximum Gasteiger partial charge on any atom is 0.312 e. The Hall–Kier alpha value is -3.06. The maximum atomic E-state index is 12.3. The van der Waals surface area contributed by atoms with Gasteiger partial charge in [-0.3, -0.25) is 4.79 Å². The summed E-state index contributed by atoms with van der Waals surface area (Å²) in [6.07, 6.45) is 2.61. The molecule has 0 saturated carbocycles. The third-order valence-electron chi connectivity index (χ3n) is 4.41. The molecule has 0 unspecified atom stereocenters. The molecule has 0 aliphatic heterocycles. The number of fused-ring (bicyclic) bond motifs is 1. The fourth-order valence-corrected chi connectivity index (χ4v) is 3.36. The first-order valence-electron chi connectivity index (χ1n) is 9.01. The molecule has 1 aromatic heterocycles. The number of aryl methyl sites for hydroxylation is 1. The van der Waals surface area contributed by atoms with E-state index in [0.29, 0.717) is 17.1 Å². The molecule has 1 atom stereocenters. The van der Waals surface area contributed by atoms with E-state index in [1.807, 2.05) is 24.3 Å². The van der Waals surface area contributed by atoms with Gasteiger partial charge < -0.3 is 20.9 Å². The lowest BCUT2D eigenvalue weighted by Crippen LogP contribution is -2.37. The van der Waals surface area contributed by atoms with E-state index < -0.39 is 12.1 Å². The molecule has 0 spiro atoms. The number of halogens is 1. The van der Waals surface area contributed by atoms with Crippen LogP contribution in [0.2, 0.25) is 5.02 Å². The summed E-state index contributed by atoms with van der Waals surface area (Å²) in [4.78, 5) is 28.0. The fourth-order valence-electron chi connectivity index (χ4n) is 3.09. The number of para-hydroxylation sites is 2. The van der Waals surface area contributed by atoms with Crippen molar-refractivity contribution in [1.82, 2.24) is 20.2 Å². The molecule has 3 rings (SSSR count). The summed E-state index contributed by atoms with van der Waals surface area (Å²) < 4.78 is 2.06. The van der Waals surface area contributed by atoms with E-state index >= 15 is 0 Å². The highest BCUT2D eigenvalue weighted by Crippen LogP contribution is 2.25. The molecule has 0 aliphatic rings. The Labute approximate surface area is 167 Å². The van der Waals surface area contributed by atoms with Crippen LogP contribution in [0.3, 0.4) is 0 Å². The van der Waals surface area contributed by atoms with Crippen LogP contribution in [0.5, 0.6) is 0 Å². The van der Waals surface area contributed by atoms with Crippen LogP contribution < -0.4 is 16.4 Å². The number of primary amides is 1. The highest BCUT2D eigenvalue weighted by molar-refractivity contribution is 6.31. The Bertz CT molecular complexity index is 972. The largest absolute Gasteiger partial charge is 0.356 e. The zero-order valence-electron chi connectivity index (χ0n) is 15.3. The number of aromatic nitrogens is 2. The summed E-state index contributed by atoms with van der Waals surface area (Å²) in [7, 11) is 0. The lowest BCUT2D eigenvalue weighted by atomic mass is 10.0. The molecule has 146 valence electrons. The van der Waals surface area contributed by atoms with Gasteiger partial charge in [0.2, 0.25) is 5.91 Å². The van der Waals surface area contributed by atoms with Crippen molar-refractivity contribution in [3.8, 4) is 0 Å². The molecular formula is C20H22ClN5O2. The quantitative estimate of drug-likeness (QED) is 0.507. The normalized spacial score (nSPS) is 11.9. The number of imidazole rings is 1. The van der Waals surface area contributed by atoms with Gasteiger partial charge in [0.25, 0.3) is 0 Å². The van der Waals surface area contributed by atoms with Gasteiger partial charge in [0.05, 0.1) is 29.8 Å². The van der Waals surface area contributed by atoms with Crippen LogP contribution >= 0.6 is 11.6 Å². The van der Waals surface area contributed by atoms with Gasteiger partial charge in [0.15, 0.2) is 0 Å². The average Bonchev–Trinajstić information content (AvgIpc) is 3.08. The molecule has 0 fully saturated rings. The first-order valence-corrected chi connectivity index (χ1v) is 9.39. The topological polar surface area (TPSA) is 102 Å². The highest BCUT2D eigenvalue weighted by Gasteiger charge is 2.19. The van der Waals surface area contributed by atoms with E-state index in [9.17, 15) is 9.59 Å². The third kappa shape index (κ3) is 5.01. The number of carbonyl (C=O) groups excluding carboxylic acids is 2. The second-order valence-electron chi connectivity index (χ2n) is 6.42. The van der Waals surface area contributed by atoms with Crippen molar-refractivity contribution in [2.24, 2.45) is 5.73 Å². The monoisotopic (exact) mass is 399 g/mol. The van der Waals surface area contributed by atoms with Gasteiger partial charge in [0.1, 0.15) is 0 Å². The zero-order valence-corrected chi connectivity index (χ0v) is 16.0. The summed E-state index contributed by atoms with van der Waals surface area (Å²) in [5.41, 5.74) is 7.92. The summed E-state index contributed by atoms with van der Waals surface area (Å²) in [6.45, 7) is 1.26. The molecule has 1 heterocycles. The molecule has 7 nitrogen and oxygen atoms in total. The second-order valence-corrected chi connectivity index (χ2v) is 6.82. The molecule has 4 N–H and O–H groups in total. The van der Waals surface area contributed by atoms with Gasteiger partial charge in [0, 0.05) is 18.1 Å². The SMILES string of the molecule is NC(=O)N[C@@H](CC(=O)NCCCn1cnc2ccccc21)c1ccccc1Cl. The van der Waals surface area contributed by atoms with Crippen LogP contribution in [0, 0.1) is 0 Å². The lowest BCUT2D eigenvalue weighted by molar-refractivity contribution is -0.121. The number of urea groups is 1. The summed E-state index contributed by atoms with van der Waals surface area (Å²) >= 11 is 6.18. The number of carbonyl (C=O) groups is 2. The minimum absolute atomic E-state index is 0.0562. The Kier molecular flexibility index (Phi) is 6.49. The van der Waals surface area contributed by atoms with Crippen LogP contribution in [0.4, 0.5) is 4.79 Å². The number of nitrogens with two attached hydrogens (primary N) is 1. The van der Waals surface area contributed by atoms with Gasteiger partial charge in [-0.2, -0.15) is 0 Å². The second kappa shape index (κ2) is 9.23. The van der Waals surface area contributed by atoms with Crippen LogP contribution in [0.25, 0.3) is 11.0 Å². The molecule has 0 saturated heterocycles. The Balaban J connectivity index is 1.52. The van der Waals surface area contributed by atoms with Gasteiger partial charge in [-0.1, -0.05) is 41.9 Å². The number of amides is 3. The predicted octanol–water partition coefficient (Wildman–Crippen LogP) is 3.00. The van der Waals surface area contributed by atoms with Gasteiger partial charge in [-0.05, 0) is 30.2 Å². The van der Waals surface area contributed by atoms with Crippen LogP contribution in [-0.2, 0) is 11.3 Å². The standard InChI is InChI=1S/C20H22ClN5O2/c21-15-7-2-1-6-14(15)17(25-20(22)28)12-19(27)23-10-5-11-26-13-24-16-8-3-4-9-18(16)26/h1-4,6-9,13,17H,5,10-12H2,(H,23,27)(H3,22,25,28)/t17-/m0/s1. The Morgan fingerprint density at radius 1 is 1.14 bits per heavy atom. The lowest BCUT2D eigenvalue weighted by Gasteiger charge is -2.19. The smallest absolute Gasteiger partial charge is 0.312 e. The van der Waals surface area contributed by atoms with E-state index in [2.05, 4.69) is 20.2 Å². The van der Waals surface area contributed by atoms with Crippen molar-refractivity contribution in [1.29, 1.82) is 0 Å². The average molecular weight is 400 g/mol. The predicted molar refractivity (Wildman–Crippen MR) is 109 cm³/mol. The van der Waals surface area contributed by atoms with E-state index in [1.54, 1.807) is 30.6 Å². The minimum Gasteiger partial charge on any atom is -0.356 e. The Morgan fingerprint density at radius 3 is 2.68 bits per heavy atom. The first kappa shape index (κ1) is 19.7. The molecule has 8 heteroatoms. The molecule has 3 amide bonds. The van der Waals surface area contributed by atoms with Crippen molar-refractivity contribution in [3.63, 3.8) is 0 Å². The van der Waals surface area contributed by atoms with Gasteiger partial charge in [-0.25, -0.2) is 9.78 Å².